The summed E-state index contributed by atoms with van der Waals surface area (Å²) in [5.41, 5.74) is -0.448. The Balaban J connectivity index is 2.49. The average Bonchev–Trinajstić information content (AvgIpc) is 2.29. The molecule has 1 aromatic rings. The number of hydrogen-bond donors (Lipinski definition) is 2. The molecule has 7 heteroatoms. The Morgan fingerprint density at radius 1 is 1.14 bits per heavy atom. The molecule has 0 spiro atoms. The van der Waals surface area contributed by atoms with E-state index >= 15 is 0 Å². The maximum atomic E-state index is 13.4. The van der Waals surface area contributed by atoms with Gasteiger partial charge in [0.25, 0.3) is 0 Å². The van der Waals surface area contributed by atoms with E-state index in [1.807, 2.05) is 20.8 Å². The van der Waals surface area contributed by atoms with E-state index in [1.165, 1.54) is 4.90 Å². The quantitative estimate of drug-likeness (QED) is 0.870. The van der Waals surface area contributed by atoms with E-state index < -0.39 is 17.5 Å². The van der Waals surface area contributed by atoms with Crippen LogP contribution in [-0.2, 0) is 9.59 Å². The molecule has 0 radical (unpaired) electrons. The molecule has 0 saturated heterocycles. The maximum absolute atomic E-state index is 13.4. The molecule has 0 saturated carbocycles. The number of carbonyl (C=O) groups excluding carboxylic acids is 2. The monoisotopic (exact) mass is 313 g/mol. The third kappa shape index (κ3) is 6.62. The molecule has 0 bridgehead atoms. The summed E-state index contributed by atoms with van der Waals surface area (Å²) in [5, 5.41) is 5.11. The van der Waals surface area contributed by atoms with Gasteiger partial charge in [-0.05, 0) is 40.0 Å². The van der Waals surface area contributed by atoms with E-state index in [1.54, 1.807) is 7.05 Å². The van der Waals surface area contributed by atoms with Gasteiger partial charge in [-0.15, -0.1) is 0 Å². The lowest BCUT2D eigenvalue weighted by Crippen LogP contribution is -2.46. The number of benzene rings is 1. The molecule has 0 aliphatic heterocycles. The Morgan fingerprint density at radius 2 is 1.73 bits per heavy atom. The van der Waals surface area contributed by atoms with Crippen molar-refractivity contribution in [1.29, 1.82) is 0 Å². The molecular formula is C15H21F2N3O2. The predicted molar refractivity (Wildman–Crippen MR) is 80.4 cm³/mol. The smallest absolute Gasteiger partial charge is 0.238 e. The van der Waals surface area contributed by atoms with Crippen molar-refractivity contribution in [3.63, 3.8) is 0 Å². The van der Waals surface area contributed by atoms with Gasteiger partial charge in [-0.3, -0.25) is 14.5 Å². The number of hydrogen-bond acceptors (Lipinski definition) is 3. The number of carbonyl (C=O) groups is 2. The first-order chi connectivity index (χ1) is 10.1. The first-order valence-electron chi connectivity index (χ1n) is 6.81. The van der Waals surface area contributed by atoms with Crippen LogP contribution in [0.15, 0.2) is 18.2 Å². The number of amides is 2. The summed E-state index contributed by atoms with van der Waals surface area (Å²) in [4.78, 5) is 25.0. The molecule has 1 rings (SSSR count). The summed E-state index contributed by atoms with van der Waals surface area (Å²) >= 11 is 0. The van der Waals surface area contributed by atoms with Crippen molar-refractivity contribution in [2.24, 2.45) is 0 Å². The highest BCUT2D eigenvalue weighted by atomic mass is 19.1. The number of rotatable bonds is 5. The van der Waals surface area contributed by atoms with Gasteiger partial charge < -0.3 is 10.6 Å². The van der Waals surface area contributed by atoms with Crippen molar-refractivity contribution in [3.8, 4) is 0 Å². The largest absolute Gasteiger partial charge is 0.350 e. The first-order valence-corrected chi connectivity index (χ1v) is 6.81. The SMILES string of the molecule is CN(CC(=O)Nc1ccc(F)cc1F)CC(=O)NC(C)(C)C. The van der Waals surface area contributed by atoms with Crippen LogP contribution in [0.1, 0.15) is 20.8 Å². The molecule has 1 aromatic carbocycles. The molecule has 0 atom stereocenters. The zero-order valence-corrected chi connectivity index (χ0v) is 13.2. The zero-order valence-electron chi connectivity index (χ0n) is 13.2. The van der Waals surface area contributed by atoms with E-state index in [0.29, 0.717) is 6.07 Å². The Bertz CT molecular complexity index is 556. The van der Waals surface area contributed by atoms with E-state index in [0.717, 1.165) is 12.1 Å². The molecule has 0 fully saturated rings. The van der Waals surface area contributed by atoms with Crippen LogP contribution in [-0.4, -0.2) is 42.4 Å². The number of likely N-dealkylation sites (N-methyl/N-ethyl adjacent to an activating group) is 1. The van der Waals surface area contributed by atoms with Crippen LogP contribution in [0.5, 0.6) is 0 Å². The van der Waals surface area contributed by atoms with Gasteiger partial charge in [-0.1, -0.05) is 0 Å². The van der Waals surface area contributed by atoms with Gasteiger partial charge in [0.15, 0.2) is 0 Å². The van der Waals surface area contributed by atoms with Crippen LogP contribution in [0.25, 0.3) is 0 Å². The molecule has 0 aliphatic rings. The second kappa shape index (κ2) is 7.31. The third-order valence-electron chi connectivity index (χ3n) is 2.55. The van der Waals surface area contributed by atoms with E-state index in [2.05, 4.69) is 10.6 Å². The normalized spacial score (nSPS) is 11.4. The summed E-state index contributed by atoms with van der Waals surface area (Å²) < 4.78 is 26.2. The second-order valence-electron chi connectivity index (χ2n) is 6.14. The number of halogens is 2. The predicted octanol–water partition coefficient (Wildman–Crippen LogP) is 1.75. The number of nitrogens with one attached hydrogen (secondary N) is 2. The Morgan fingerprint density at radius 3 is 2.27 bits per heavy atom. The van der Waals surface area contributed by atoms with Crippen molar-refractivity contribution in [1.82, 2.24) is 10.2 Å². The van der Waals surface area contributed by atoms with Crippen LogP contribution in [0.3, 0.4) is 0 Å². The summed E-state index contributed by atoms with van der Waals surface area (Å²) in [7, 11) is 1.60. The number of anilines is 1. The molecule has 0 aromatic heterocycles. The van der Waals surface area contributed by atoms with Crippen LogP contribution < -0.4 is 10.6 Å². The van der Waals surface area contributed by atoms with Gasteiger partial charge in [0.2, 0.25) is 11.8 Å². The summed E-state index contributed by atoms with van der Waals surface area (Å²) in [6.45, 7) is 5.52. The molecule has 2 N–H and O–H groups in total. The van der Waals surface area contributed by atoms with Gasteiger partial charge in [0.1, 0.15) is 11.6 Å². The molecule has 5 nitrogen and oxygen atoms in total. The van der Waals surface area contributed by atoms with Crippen molar-refractivity contribution >= 4 is 17.5 Å². The molecule has 0 unspecified atom stereocenters. The standard InChI is InChI=1S/C15H21F2N3O2/c1-15(2,3)19-14(22)9-20(4)8-13(21)18-12-6-5-10(16)7-11(12)17/h5-7H,8-9H2,1-4H3,(H,18,21)(H,19,22). The highest BCUT2D eigenvalue weighted by molar-refractivity contribution is 5.92. The fraction of sp³-hybridized carbons (Fsp3) is 0.467. The molecule has 0 heterocycles. The molecule has 2 amide bonds. The highest BCUT2D eigenvalue weighted by Crippen LogP contribution is 2.14. The van der Waals surface area contributed by atoms with Gasteiger partial charge in [0.05, 0.1) is 18.8 Å². The van der Waals surface area contributed by atoms with Crippen molar-refractivity contribution in [3.05, 3.63) is 29.8 Å². The zero-order chi connectivity index (χ0) is 16.9. The fourth-order valence-electron chi connectivity index (χ4n) is 1.78. The summed E-state index contributed by atoms with van der Waals surface area (Å²) in [6, 6.07) is 2.89. The van der Waals surface area contributed by atoms with E-state index in [-0.39, 0.29) is 30.2 Å². The van der Waals surface area contributed by atoms with Gasteiger partial charge in [-0.2, -0.15) is 0 Å². The van der Waals surface area contributed by atoms with Crippen LogP contribution in [0.2, 0.25) is 0 Å². The Labute approximate surface area is 128 Å². The minimum Gasteiger partial charge on any atom is -0.350 e. The Hall–Kier alpha value is -2.02. The first kappa shape index (κ1) is 18.0. The third-order valence-corrected chi connectivity index (χ3v) is 2.55. The lowest BCUT2D eigenvalue weighted by molar-refractivity contribution is -0.124. The van der Waals surface area contributed by atoms with Crippen molar-refractivity contribution in [2.45, 2.75) is 26.3 Å². The minimum absolute atomic E-state index is 0.0383. The molecule has 22 heavy (non-hydrogen) atoms. The van der Waals surface area contributed by atoms with Gasteiger partial charge in [-0.25, -0.2) is 8.78 Å². The lowest BCUT2D eigenvalue weighted by Gasteiger charge is -2.23. The van der Waals surface area contributed by atoms with Gasteiger partial charge >= 0.3 is 0 Å². The average molecular weight is 313 g/mol. The second-order valence-corrected chi connectivity index (χ2v) is 6.14. The molecular weight excluding hydrogens is 292 g/mol. The van der Waals surface area contributed by atoms with Crippen LogP contribution >= 0.6 is 0 Å². The molecule has 122 valence electrons. The highest BCUT2D eigenvalue weighted by Gasteiger charge is 2.17. The van der Waals surface area contributed by atoms with Crippen LogP contribution in [0, 0.1) is 11.6 Å². The van der Waals surface area contributed by atoms with Crippen LogP contribution in [0.4, 0.5) is 14.5 Å². The topological polar surface area (TPSA) is 61.4 Å². The fourth-order valence-corrected chi connectivity index (χ4v) is 1.78. The number of nitrogens with zero attached hydrogens (tertiary/aromatic N) is 1. The maximum Gasteiger partial charge on any atom is 0.238 e. The van der Waals surface area contributed by atoms with Gasteiger partial charge in [0, 0.05) is 11.6 Å². The minimum atomic E-state index is -0.846. The summed E-state index contributed by atoms with van der Waals surface area (Å²) in [5.74, 6) is -2.26. The lowest BCUT2D eigenvalue weighted by atomic mass is 10.1. The summed E-state index contributed by atoms with van der Waals surface area (Å²) in [6.07, 6.45) is 0. The van der Waals surface area contributed by atoms with Crippen molar-refractivity contribution < 1.29 is 18.4 Å². The van der Waals surface area contributed by atoms with Crippen molar-refractivity contribution in [2.75, 3.05) is 25.5 Å². The van der Waals surface area contributed by atoms with E-state index in [9.17, 15) is 18.4 Å². The molecule has 0 aliphatic carbocycles. The Kier molecular flexibility index (Phi) is 5.99. The van der Waals surface area contributed by atoms with E-state index in [4.69, 9.17) is 0 Å².